The van der Waals surface area contributed by atoms with E-state index in [1.54, 1.807) is 17.7 Å². The number of piperidine rings is 2. The van der Waals surface area contributed by atoms with Crippen molar-refractivity contribution in [1.29, 1.82) is 0 Å². The Labute approximate surface area is 163 Å². The van der Waals surface area contributed by atoms with E-state index in [0.717, 1.165) is 18.8 Å². The molecule has 5 heterocycles. The molecule has 6 rings (SSSR count). The topological polar surface area (TPSA) is 80.5 Å². The van der Waals surface area contributed by atoms with Crippen LogP contribution in [0.5, 0.6) is 5.88 Å². The molecule has 148 valence electrons. The first kappa shape index (κ1) is 17.5. The van der Waals surface area contributed by atoms with Crippen molar-refractivity contribution in [3.05, 3.63) is 24.2 Å². The average molecular weight is 407 g/mol. The third-order valence-corrected chi connectivity index (χ3v) is 6.26. The van der Waals surface area contributed by atoms with Gasteiger partial charge >= 0.3 is 0 Å². The molecule has 0 amide bonds. The van der Waals surface area contributed by atoms with E-state index in [1.807, 2.05) is 6.92 Å². The molecule has 3 atom stereocenters. The summed E-state index contributed by atoms with van der Waals surface area (Å²) in [4.78, 5) is 10.8. The van der Waals surface area contributed by atoms with E-state index in [9.17, 15) is 8.78 Å². The summed E-state index contributed by atoms with van der Waals surface area (Å²) in [5.41, 5.74) is 1.39. The zero-order valence-electron chi connectivity index (χ0n) is 15.1. The van der Waals surface area contributed by atoms with Crippen LogP contribution in [0.1, 0.15) is 12.1 Å². The van der Waals surface area contributed by atoms with Crippen LogP contribution in [-0.4, -0.2) is 56.1 Å². The maximum Gasteiger partial charge on any atom is 0.272 e. The van der Waals surface area contributed by atoms with Crippen LogP contribution in [0, 0.1) is 18.8 Å². The monoisotopic (exact) mass is 407 g/mol. The number of hydrogen-bond donors (Lipinski definition) is 1. The Balaban J connectivity index is 1.28. The van der Waals surface area contributed by atoms with Gasteiger partial charge in [0.25, 0.3) is 12.3 Å². The largest absolute Gasteiger partial charge is 0.469 e. The van der Waals surface area contributed by atoms with Crippen molar-refractivity contribution in [2.75, 3.05) is 29.9 Å². The molecule has 3 fully saturated rings. The molecule has 11 heteroatoms. The third kappa shape index (κ3) is 3.13. The number of halogens is 2. The molecule has 28 heavy (non-hydrogen) atoms. The molecule has 3 aromatic heterocycles. The van der Waals surface area contributed by atoms with Gasteiger partial charge in [-0.15, -0.1) is 5.10 Å². The van der Waals surface area contributed by atoms with Crippen LogP contribution in [0.4, 0.5) is 19.7 Å². The molecule has 1 N–H and O–H groups in total. The maximum atomic E-state index is 12.4. The fourth-order valence-corrected chi connectivity index (χ4v) is 4.83. The smallest absolute Gasteiger partial charge is 0.272 e. The van der Waals surface area contributed by atoms with Crippen molar-refractivity contribution in [2.45, 2.75) is 25.8 Å². The molecule has 8 nitrogen and oxygen atoms in total. The molecule has 1 unspecified atom stereocenters. The van der Waals surface area contributed by atoms with Crippen molar-refractivity contribution < 1.29 is 13.5 Å². The third-order valence-electron chi connectivity index (χ3n) is 5.32. The van der Waals surface area contributed by atoms with E-state index in [1.165, 1.54) is 22.1 Å². The number of fused-ring (bicyclic) bond motifs is 3. The lowest BCUT2D eigenvalue weighted by Crippen LogP contribution is -2.61. The predicted molar refractivity (Wildman–Crippen MR) is 100 cm³/mol. The zero-order valence-corrected chi connectivity index (χ0v) is 15.9. The lowest BCUT2D eigenvalue weighted by atomic mass is 9.66. The number of nitrogens with zero attached hydrogens (tertiary/aromatic N) is 6. The lowest BCUT2D eigenvalue weighted by molar-refractivity contribution is 0.0801. The Hall–Kier alpha value is -2.56. The summed E-state index contributed by atoms with van der Waals surface area (Å²) in [5, 5.41) is 9.05. The van der Waals surface area contributed by atoms with Crippen LogP contribution >= 0.6 is 11.5 Å². The summed E-state index contributed by atoms with van der Waals surface area (Å²) in [6, 6.07) is 2.44. The molecule has 3 aromatic rings. The predicted octanol–water partition coefficient (Wildman–Crippen LogP) is 2.47. The fraction of sp³-hybridized carbons (Fsp3) is 0.529. The van der Waals surface area contributed by atoms with Crippen molar-refractivity contribution in [3.8, 4) is 5.88 Å². The molecule has 1 saturated carbocycles. The van der Waals surface area contributed by atoms with E-state index >= 15 is 0 Å². The highest BCUT2D eigenvalue weighted by molar-refractivity contribution is 7.10. The number of anilines is 2. The zero-order chi connectivity index (χ0) is 19.3. The lowest BCUT2D eigenvalue weighted by Gasteiger charge is -2.53. The Bertz CT molecular complexity index is 981. The highest BCUT2D eigenvalue weighted by Gasteiger charge is 2.47. The van der Waals surface area contributed by atoms with Gasteiger partial charge in [0.15, 0.2) is 6.61 Å². The Morgan fingerprint density at radius 2 is 2.18 bits per heavy atom. The van der Waals surface area contributed by atoms with E-state index < -0.39 is 13.0 Å². The normalized spacial score (nSPS) is 23.9. The van der Waals surface area contributed by atoms with Crippen LogP contribution in [-0.2, 0) is 0 Å². The molecule has 3 aliphatic rings. The Morgan fingerprint density at radius 1 is 1.36 bits per heavy atom. The fourth-order valence-electron chi connectivity index (χ4n) is 4.05. The summed E-state index contributed by atoms with van der Waals surface area (Å²) >= 11 is 1.55. The second-order valence-electron chi connectivity index (χ2n) is 7.28. The van der Waals surface area contributed by atoms with Gasteiger partial charge in [0.1, 0.15) is 5.00 Å². The summed E-state index contributed by atoms with van der Waals surface area (Å²) in [6.07, 6.45) is 1.70. The highest BCUT2D eigenvalue weighted by atomic mass is 32.1. The SMILES string of the molecule is Cc1cc(N2CC3C[C@@H](C2)[C@@H]3Nc2nc3c(OCC(F)F)nccn3n2)sn1. The minimum Gasteiger partial charge on any atom is -0.469 e. The van der Waals surface area contributed by atoms with Crippen LogP contribution < -0.4 is 15.0 Å². The molecule has 0 aromatic carbocycles. The molecule has 2 bridgehead atoms. The Morgan fingerprint density at radius 3 is 2.89 bits per heavy atom. The molecular weight excluding hydrogens is 388 g/mol. The van der Waals surface area contributed by atoms with Crippen LogP contribution in [0.15, 0.2) is 18.5 Å². The maximum absolute atomic E-state index is 12.4. The standard InChI is InChI=1S/C17H19F2N7OS/c1-9-4-13(28-24-9)25-6-10-5-11(7-25)14(10)21-17-22-15-16(27-8-12(18)19)20-2-3-26(15)23-17/h2-4,10-12,14H,5-8H2,1H3,(H,21,23)/t10-,11?,14-/m0/s1. The molecular formula is C17H19F2N7OS. The number of nitrogens with one attached hydrogen (secondary N) is 1. The summed E-state index contributed by atoms with van der Waals surface area (Å²) in [5.74, 6) is 1.56. The number of hydrogen-bond acceptors (Lipinski definition) is 8. The van der Waals surface area contributed by atoms with Gasteiger partial charge in [-0.3, -0.25) is 0 Å². The van der Waals surface area contributed by atoms with E-state index in [2.05, 4.69) is 35.7 Å². The summed E-state index contributed by atoms with van der Waals surface area (Å²) in [7, 11) is 0. The van der Waals surface area contributed by atoms with Gasteiger partial charge in [-0.1, -0.05) is 0 Å². The van der Waals surface area contributed by atoms with Crippen LogP contribution in [0.25, 0.3) is 5.65 Å². The number of alkyl halides is 2. The van der Waals surface area contributed by atoms with Crippen molar-refractivity contribution in [2.24, 2.45) is 11.8 Å². The number of ether oxygens (including phenoxy) is 1. The number of aromatic nitrogens is 5. The summed E-state index contributed by atoms with van der Waals surface area (Å²) in [6.45, 7) is 3.25. The van der Waals surface area contributed by atoms with Crippen molar-refractivity contribution in [1.82, 2.24) is 24.0 Å². The quantitative estimate of drug-likeness (QED) is 0.672. The van der Waals surface area contributed by atoms with Gasteiger partial charge in [-0.05, 0) is 42.8 Å². The van der Waals surface area contributed by atoms with Crippen molar-refractivity contribution in [3.63, 3.8) is 0 Å². The van der Waals surface area contributed by atoms with Gasteiger partial charge in [0.05, 0.1) is 5.69 Å². The van der Waals surface area contributed by atoms with Crippen LogP contribution in [0.2, 0.25) is 0 Å². The van der Waals surface area contributed by atoms with Crippen LogP contribution in [0.3, 0.4) is 0 Å². The van der Waals surface area contributed by atoms with Gasteiger partial charge in [-0.2, -0.15) is 9.36 Å². The second-order valence-corrected chi connectivity index (χ2v) is 8.06. The first-order valence-electron chi connectivity index (χ1n) is 9.14. The van der Waals surface area contributed by atoms with Crippen molar-refractivity contribution >= 4 is 28.1 Å². The van der Waals surface area contributed by atoms with E-state index in [0.29, 0.717) is 29.5 Å². The molecule has 0 radical (unpaired) electrons. The van der Waals surface area contributed by atoms with Gasteiger partial charge in [0.2, 0.25) is 11.6 Å². The molecule has 1 aliphatic carbocycles. The van der Waals surface area contributed by atoms with Gasteiger partial charge in [-0.25, -0.2) is 18.3 Å². The number of aryl methyl sites for hydroxylation is 1. The Kier molecular flexibility index (Phi) is 4.26. The van der Waals surface area contributed by atoms with Gasteiger partial charge in [0, 0.05) is 31.5 Å². The summed E-state index contributed by atoms with van der Waals surface area (Å²) < 4.78 is 35.8. The first-order chi connectivity index (χ1) is 13.6. The minimum absolute atomic E-state index is 0.0592. The highest BCUT2D eigenvalue weighted by Crippen LogP contribution is 2.43. The second kappa shape index (κ2) is 6.80. The van der Waals surface area contributed by atoms with Gasteiger partial charge < -0.3 is 15.0 Å². The molecule has 2 aliphatic heterocycles. The average Bonchev–Trinajstić information content (AvgIpc) is 3.30. The first-order valence-corrected chi connectivity index (χ1v) is 9.91. The van der Waals surface area contributed by atoms with E-state index in [4.69, 9.17) is 4.74 Å². The molecule has 0 spiro atoms. The molecule has 2 saturated heterocycles. The van der Waals surface area contributed by atoms with E-state index in [-0.39, 0.29) is 5.88 Å². The minimum atomic E-state index is -2.57. The number of rotatable bonds is 6.